The largest absolute Gasteiger partial charge is 0.365 e. The molecule has 2 N–H and O–H groups in total. The second-order valence-electron chi connectivity index (χ2n) is 4.75. The molecule has 7 heteroatoms. The van der Waals surface area contributed by atoms with Crippen LogP contribution in [0.4, 0.5) is 14.5 Å². The van der Waals surface area contributed by atoms with Crippen LogP contribution < -0.4 is 5.73 Å². The lowest BCUT2D eigenvalue weighted by molar-refractivity contribution is -0.385. The molecule has 1 amide bonds. The van der Waals surface area contributed by atoms with E-state index in [9.17, 15) is 23.7 Å². The van der Waals surface area contributed by atoms with Crippen LogP contribution in [-0.2, 0) is 0 Å². The van der Waals surface area contributed by atoms with E-state index in [1.165, 1.54) is 31.2 Å². The van der Waals surface area contributed by atoms with E-state index in [1.807, 2.05) is 0 Å². The Kier molecular flexibility index (Phi) is 4.16. The second-order valence-corrected chi connectivity index (χ2v) is 4.75. The molecule has 0 aromatic heterocycles. The number of amides is 1. The van der Waals surface area contributed by atoms with Crippen LogP contribution in [0.25, 0.3) is 0 Å². The number of nitrogens with zero attached hydrogens (tertiary/aromatic N) is 1. The van der Waals surface area contributed by atoms with E-state index < -0.39 is 34.1 Å². The minimum absolute atomic E-state index is 0.0890. The first-order valence-electron chi connectivity index (χ1n) is 6.35. The zero-order valence-corrected chi connectivity index (χ0v) is 11.5. The number of halogens is 2. The van der Waals surface area contributed by atoms with Crippen LogP contribution in [-0.4, -0.2) is 10.8 Å². The summed E-state index contributed by atoms with van der Waals surface area (Å²) in [5.41, 5.74) is 4.64. The first-order chi connectivity index (χ1) is 10.3. The maximum Gasteiger partial charge on any atom is 0.285 e. The van der Waals surface area contributed by atoms with Gasteiger partial charge < -0.3 is 5.73 Å². The Morgan fingerprint density at radius 1 is 1.23 bits per heavy atom. The zero-order chi connectivity index (χ0) is 16.4. The Labute approximate surface area is 124 Å². The number of primary amides is 1. The van der Waals surface area contributed by atoms with Crippen LogP contribution in [0.5, 0.6) is 0 Å². The van der Waals surface area contributed by atoms with Gasteiger partial charge in [0, 0.05) is 17.5 Å². The second kappa shape index (κ2) is 5.88. The summed E-state index contributed by atoms with van der Waals surface area (Å²) in [4.78, 5) is 21.9. The smallest absolute Gasteiger partial charge is 0.285 e. The lowest BCUT2D eigenvalue weighted by Crippen LogP contribution is -2.15. The van der Waals surface area contributed by atoms with Gasteiger partial charge in [-0.25, -0.2) is 8.78 Å². The maximum absolute atomic E-state index is 13.9. The number of carbonyl (C=O) groups is 1. The van der Waals surface area contributed by atoms with Crippen molar-refractivity contribution in [2.45, 2.75) is 12.8 Å². The highest BCUT2D eigenvalue weighted by Gasteiger charge is 2.27. The van der Waals surface area contributed by atoms with E-state index in [2.05, 4.69) is 0 Å². The SMILES string of the molecule is CC(c1ccc(F)cc1F)c1cccc(C(N)=O)c1[N+](=O)[O-]. The van der Waals surface area contributed by atoms with Crippen molar-refractivity contribution in [3.05, 3.63) is 74.8 Å². The van der Waals surface area contributed by atoms with E-state index in [1.54, 1.807) is 0 Å². The average Bonchev–Trinajstić information content (AvgIpc) is 2.45. The van der Waals surface area contributed by atoms with Gasteiger partial charge in [-0.3, -0.25) is 14.9 Å². The number of hydrogen-bond donors (Lipinski definition) is 1. The molecule has 114 valence electrons. The molecule has 2 aromatic carbocycles. The highest BCUT2D eigenvalue weighted by Crippen LogP contribution is 2.34. The van der Waals surface area contributed by atoms with Crippen molar-refractivity contribution in [3.8, 4) is 0 Å². The third-order valence-electron chi connectivity index (χ3n) is 3.41. The van der Waals surface area contributed by atoms with E-state index >= 15 is 0 Å². The summed E-state index contributed by atoms with van der Waals surface area (Å²) in [6, 6.07) is 7.07. The van der Waals surface area contributed by atoms with Gasteiger partial charge in [-0.05, 0) is 17.7 Å². The van der Waals surface area contributed by atoms with E-state index in [4.69, 9.17) is 5.73 Å². The highest BCUT2D eigenvalue weighted by molar-refractivity contribution is 5.97. The quantitative estimate of drug-likeness (QED) is 0.695. The molecule has 1 atom stereocenters. The Morgan fingerprint density at radius 2 is 1.91 bits per heavy atom. The van der Waals surface area contributed by atoms with Gasteiger partial charge in [0.25, 0.3) is 11.6 Å². The summed E-state index contributed by atoms with van der Waals surface area (Å²) in [6.07, 6.45) is 0. The van der Waals surface area contributed by atoms with Crippen LogP contribution >= 0.6 is 0 Å². The Balaban J connectivity index is 2.63. The lowest BCUT2D eigenvalue weighted by Gasteiger charge is -2.15. The average molecular weight is 306 g/mol. The molecule has 0 radical (unpaired) electrons. The molecule has 2 rings (SSSR count). The number of rotatable bonds is 4. The van der Waals surface area contributed by atoms with Gasteiger partial charge in [-0.2, -0.15) is 0 Å². The fourth-order valence-corrected chi connectivity index (χ4v) is 2.33. The fraction of sp³-hybridized carbons (Fsp3) is 0.133. The van der Waals surface area contributed by atoms with Crippen LogP contribution in [0.2, 0.25) is 0 Å². The fourth-order valence-electron chi connectivity index (χ4n) is 2.33. The van der Waals surface area contributed by atoms with Gasteiger partial charge in [0.05, 0.1) is 4.92 Å². The Bertz CT molecular complexity index is 762. The van der Waals surface area contributed by atoms with Gasteiger partial charge in [-0.15, -0.1) is 0 Å². The summed E-state index contributed by atoms with van der Waals surface area (Å²) in [5.74, 6) is -3.25. The van der Waals surface area contributed by atoms with Crippen molar-refractivity contribution < 1.29 is 18.5 Å². The molecule has 0 fully saturated rings. The monoisotopic (exact) mass is 306 g/mol. The predicted octanol–water partition coefficient (Wildman–Crippen LogP) is 3.12. The molecule has 0 aliphatic carbocycles. The number of nitro groups is 1. The van der Waals surface area contributed by atoms with Crippen molar-refractivity contribution in [1.29, 1.82) is 0 Å². The minimum Gasteiger partial charge on any atom is -0.365 e. The normalized spacial score (nSPS) is 12.0. The van der Waals surface area contributed by atoms with Gasteiger partial charge in [-0.1, -0.05) is 25.1 Å². The van der Waals surface area contributed by atoms with Crippen LogP contribution in [0, 0.1) is 21.7 Å². The third-order valence-corrected chi connectivity index (χ3v) is 3.41. The highest BCUT2D eigenvalue weighted by atomic mass is 19.1. The number of nitro benzene ring substituents is 1. The summed E-state index contributed by atoms with van der Waals surface area (Å²) >= 11 is 0. The van der Waals surface area contributed by atoms with Crippen LogP contribution in [0.15, 0.2) is 36.4 Å². The predicted molar refractivity (Wildman–Crippen MR) is 75.5 cm³/mol. The molecule has 0 heterocycles. The molecule has 0 saturated carbocycles. The van der Waals surface area contributed by atoms with E-state index in [0.717, 1.165) is 6.07 Å². The van der Waals surface area contributed by atoms with Gasteiger partial charge in [0.1, 0.15) is 17.2 Å². The first kappa shape index (κ1) is 15.6. The van der Waals surface area contributed by atoms with Crippen molar-refractivity contribution in [1.82, 2.24) is 0 Å². The molecule has 0 saturated heterocycles. The van der Waals surface area contributed by atoms with Crippen molar-refractivity contribution in [3.63, 3.8) is 0 Å². The number of nitrogens with two attached hydrogens (primary N) is 1. The summed E-state index contributed by atoms with van der Waals surface area (Å²) in [6.45, 7) is 1.53. The number of para-hydroxylation sites is 1. The van der Waals surface area contributed by atoms with Gasteiger partial charge in [0.2, 0.25) is 0 Å². The Hall–Kier alpha value is -2.83. The topological polar surface area (TPSA) is 86.2 Å². The maximum atomic E-state index is 13.9. The van der Waals surface area contributed by atoms with Crippen molar-refractivity contribution in [2.24, 2.45) is 5.73 Å². The minimum atomic E-state index is -0.944. The van der Waals surface area contributed by atoms with Crippen LogP contribution in [0.3, 0.4) is 0 Å². The van der Waals surface area contributed by atoms with E-state index in [0.29, 0.717) is 6.07 Å². The summed E-state index contributed by atoms with van der Waals surface area (Å²) < 4.78 is 26.9. The molecule has 0 bridgehead atoms. The zero-order valence-electron chi connectivity index (χ0n) is 11.5. The van der Waals surface area contributed by atoms with Gasteiger partial charge >= 0.3 is 0 Å². The number of carbonyl (C=O) groups excluding carboxylic acids is 1. The van der Waals surface area contributed by atoms with Crippen molar-refractivity contribution >= 4 is 11.6 Å². The first-order valence-corrected chi connectivity index (χ1v) is 6.35. The molecule has 5 nitrogen and oxygen atoms in total. The molecular formula is C15H12F2N2O3. The summed E-state index contributed by atoms with van der Waals surface area (Å²) in [5, 5.41) is 11.3. The Morgan fingerprint density at radius 3 is 2.45 bits per heavy atom. The van der Waals surface area contributed by atoms with Crippen LogP contribution in [0.1, 0.15) is 34.3 Å². The standard InChI is InChI=1S/C15H12F2N2O3/c1-8(10-6-5-9(16)7-13(10)17)11-3-2-4-12(15(18)20)14(11)19(21)22/h2-8H,1H3,(H2,18,20). The molecule has 22 heavy (non-hydrogen) atoms. The third kappa shape index (κ3) is 2.78. The number of hydrogen-bond acceptors (Lipinski definition) is 3. The molecule has 2 aromatic rings. The molecule has 1 unspecified atom stereocenters. The summed E-state index contributed by atoms with van der Waals surface area (Å²) in [7, 11) is 0. The number of benzene rings is 2. The van der Waals surface area contributed by atoms with Gasteiger partial charge in [0.15, 0.2) is 0 Å². The molecule has 0 aliphatic rings. The molecule has 0 spiro atoms. The van der Waals surface area contributed by atoms with E-state index in [-0.39, 0.29) is 16.7 Å². The molecule has 0 aliphatic heterocycles. The lowest BCUT2D eigenvalue weighted by atomic mass is 9.90. The molecular weight excluding hydrogens is 294 g/mol. The van der Waals surface area contributed by atoms with Crippen molar-refractivity contribution in [2.75, 3.05) is 0 Å².